The second-order valence-electron chi connectivity index (χ2n) is 4.15. The first-order chi connectivity index (χ1) is 8.33. The van der Waals surface area contributed by atoms with E-state index in [1.54, 1.807) is 6.07 Å². The van der Waals surface area contributed by atoms with Crippen LogP contribution in [0.1, 0.15) is 11.3 Å². The summed E-state index contributed by atoms with van der Waals surface area (Å²) >= 11 is 0. The maximum atomic E-state index is 13.5. The number of para-hydroxylation sites is 1. The summed E-state index contributed by atoms with van der Waals surface area (Å²) in [4.78, 5) is 3.30. The first-order valence-electron chi connectivity index (χ1n) is 5.63. The van der Waals surface area contributed by atoms with Crippen molar-refractivity contribution in [1.82, 2.24) is 4.98 Å². The molecule has 1 heterocycles. The molecule has 0 fully saturated rings. The number of hydrogen-bond acceptors (Lipinski definition) is 0. The molecule has 3 aromatic rings. The fraction of sp³-hybridized carbons (Fsp3) is 0.0667. The molecule has 17 heavy (non-hydrogen) atoms. The van der Waals surface area contributed by atoms with Crippen LogP contribution in [-0.4, -0.2) is 4.98 Å². The summed E-state index contributed by atoms with van der Waals surface area (Å²) in [5, 5.41) is 1.17. The van der Waals surface area contributed by atoms with Gasteiger partial charge in [-0.2, -0.15) is 0 Å². The van der Waals surface area contributed by atoms with Crippen molar-refractivity contribution in [3.05, 3.63) is 71.7 Å². The zero-order valence-electron chi connectivity index (χ0n) is 9.28. The van der Waals surface area contributed by atoms with E-state index in [1.165, 1.54) is 11.5 Å². The fourth-order valence-corrected chi connectivity index (χ4v) is 2.08. The van der Waals surface area contributed by atoms with E-state index >= 15 is 0 Å². The Labute approximate surface area is 98.9 Å². The van der Waals surface area contributed by atoms with Gasteiger partial charge in [0.05, 0.1) is 0 Å². The number of rotatable bonds is 2. The molecule has 2 aromatic carbocycles. The van der Waals surface area contributed by atoms with Gasteiger partial charge in [-0.1, -0.05) is 36.4 Å². The number of nitrogens with one attached hydrogen (secondary N) is 1. The average Bonchev–Trinajstić information content (AvgIpc) is 2.74. The molecular formula is C15H12FN. The Kier molecular flexibility index (Phi) is 2.41. The summed E-state index contributed by atoms with van der Waals surface area (Å²) < 4.78 is 13.5. The molecule has 0 radical (unpaired) electrons. The number of fused-ring (bicyclic) bond motifs is 1. The lowest BCUT2D eigenvalue weighted by molar-refractivity contribution is 0.613. The maximum absolute atomic E-state index is 13.5. The van der Waals surface area contributed by atoms with Crippen molar-refractivity contribution in [2.75, 3.05) is 0 Å². The molecule has 3 rings (SSSR count). The van der Waals surface area contributed by atoms with Crippen molar-refractivity contribution in [3.63, 3.8) is 0 Å². The van der Waals surface area contributed by atoms with Crippen LogP contribution < -0.4 is 0 Å². The smallest absolute Gasteiger partial charge is 0.126 e. The van der Waals surface area contributed by atoms with Gasteiger partial charge in [0.25, 0.3) is 0 Å². The van der Waals surface area contributed by atoms with Gasteiger partial charge in [-0.25, -0.2) is 4.39 Å². The van der Waals surface area contributed by atoms with Gasteiger partial charge in [0, 0.05) is 17.6 Å². The zero-order valence-corrected chi connectivity index (χ0v) is 9.28. The molecule has 1 aromatic heterocycles. The third-order valence-electron chi connectivity index (χ3n) is 2.92. The van der Waals surface area contributed by atoms with Gasteiger partial charge in [0.1, 0.15) is 5.82 Å². The molecule has 0 amide bonds. The predicted molar refractivity (Wildman–Crippen MR) is 67.5 cm³/mol. The lowest BCUT2D eigenvalue weighted by atomic mass is 10.1. The van der Waals surface area contributed by atoms with Crippen LogP contribution in [0.4, 0.5) is 4.39 Å². The van der Waals surface area contributed by atoms with Crippen LogP contribution >= 0.6 is 0 Å². The van der Waals surface area contributed by atoms with Gasteiger partial charge in [-0.05, 0) is 29.1 Å². The molecule has 0 aliphatic heterocycles. The van der Waals surface area contributed by atoms with Crippen molar-refractivity contribution >= 4 is 10.9 Å². The van der Waals surface area contributed by atoms with Crippen molar-refractivity contribution in [2.24, 2.45) is 0 Å². The number of aromatic nitrogens is 1. The molecule has 2 heteroatoms. The Morgan fingerprint density at radius 1 is 0.941 bits per heavy atom. The number of aromatic amines is 1. The highest BCUT2D eigenvalue weighted by Crippen LogP contribution is 2.18. The van der Waals surface area contributed by atoms with E-state index < -0.39 is 0 Å². The predicted octanol–water partition coefficient (Wildman–Crippen LogP) is 3.90. The highest BCUT2D eigenvalue weighted by Gasteiger charge is 2.04. The third kappa shape index (κ3) is 1.94. The van der Waals surface area contributed by atoms with E-state index in [4.69, 9.17) is 0 Å². The summed E-state index contributed by atoms with van der Waals surface area (Å²) in [6.45, 7) is 0. The first-order valence-corrected chi connectivity index (χ1v) is 5.63. The van der Waals surface area contributed by atoms with Crippen LogP contribution in [0.15, 0.2) is 54.6 Å². The Balaban J connectivity index is 1.98. The van der Waals surface area contributed by atoms with Crippen LogP contribution in [0.25, 0.3) is 10.9 Å². The number of halogens is 1. The van der Waals surface area contributed by atoms with Crippen LogP contribution in [0.2, 0.25) is 0 Å². The SMILES string of the molecule is Fc1ccccc1Cc1cc2ccccc2[nH]1. The summed E-state index contributed by atoms with van der Waals surface area (Å²) in [6.07, 6.45) is 0.599. The van der Waals surface area contributed by atoms with Gasteiger partial charge in [0.2, 0.25) is 0 Å². The van der Waals surface area contributed by atoms with Gasteiger partial charge < -0.3 is 4.98 Å². The van der Waals surface area contributed by atoms with E-state index in [1.807, 2.05) is 30.3 Å². The normalized spacial score (nSPS) is 10.9. The molecule has 84 valence electrons. The molecule has 1 N–H and O–H groups in total. The number of hydrogen-bond donors (Lipinski definition) is 1. The summed E-state index contributed by atoms with van der Waals surface area (Å²) in [6, 6.07) is 17.0. The maximum Gasteiger partial charge on any atom is 0.126 e. The number of benzene rings is 2. The molecule has 0 bridgehead atoms. The molecule has 0 atom stereocenters. The van der Waals surface area contributed by atoms with Crippen LogP contribution in [0.5, 0.6) is 0 Å². The summed E-state index contributed by atoms with van der Waals surface area (Å²) in [5.74, 6) is -0.147. The minimum atomic E-state index is -0.147. The second-order valence-corrected chi connectivity index (χ2v) is 4.15. The molecule has 0 spiro atoms. The topological polar surface area (TPSA) is 15.8 Å². The molecular weight excluding hydrogens is 213 g/mol. The minimum absolute atomic E-state index is 0.147. The van der Waals surface area contributed by atoms with Crippen LogP contribution in [0, 0.1) is 5.82 Å². The molecule has 1 nitrogen and oxygen atoms in total. The Morgan fingerprint density at radius 2 is 1.71 bits per heavy atom. The lowest BCUT2D eigenvalue weighted by Gasteiger charge is -2.00. The Morgan fingerprint density at radius 3 is 2.53 bits per heavy atom. The van der Waals surface area contributed by atoms with Crippen molar-refractivity contribution in [1.29, 1.82) is 0 Å². The third-order valence-corrected chi connectivity index (χ3v) is 2.92. The fourth-order valence-electron chi connectivity index (χ4n) is 2.08. The highest BCUT2D eigenvalue weighted by atomic mass is 19.1. The monoisotopic (exact) mass is 225 g/mol. The minimum Gasteiger partial charge on any atom is -0.358 e. The first kappa shape index (κ1) is 10.1. The van der Waals surface area contributed by atoms with E-state index in [0.717, 1.165) is 16.8 Å². The van der Waals surface area contributed by atoms with E-state index in [0.29, 0.717) is 6.42 Å². The Bertz CT molecular complexity index is 622. The summed E-state index contributed by atoms with van der Waals surface area (Å²) in [5.41, 5.74) is 2.86. The van der Waals surface area contributed by atoms with E-state index in [9.17, 15) is 4.39 Å². The molecule has 0 unspecified atom stereocenters. The Hall–Kier alpha value is -2.09. The largest absolute Gasteiger partial charge is 0.358 e. The second kappa shape index (κ2) is 4.06. The van der Waals surface area contributed by atoms with Gasteiger partial charge >= 0.3 is 0 Å². The van der Waals surface area contributed by atoms with Gasteiger partial charge in [-0.15, -0.1) is 0 Å². The van der Waals surface area contributed by atoms with Crippen LogP contribution in [0.3, 0.4) is 0 Å². The van der Waals surface area contributed by atoms with Crippen molar-refractivity contribution < 1.29 is 4.39 Å². The van der Waals surface area contributed by atoms with E-state index in [2.05, 4.69) is 17.1 Å². The average molecular weight is 225 g/mol. The lowest BCUT2D eigenvalue weighted by Crippen LogP contribution is -1.91. The summed E-state index contributed by atoms with van der Waals surface area (Å²) in [7, 11) is 0. The highest BCUT2D eigenvalue weighted by molar-refractivity contribution is 5.80. The van der Waals surface area contributed by atoms with Crippen LogP contribution in [-0.2, 0) is 6.42 Å². The molecule has 0 aliphatic carbocycles. The van der Waals surface area contributed by atoms with Gasteiger partial charge in [-0.3, -0.25) is 0 Å². The zero-order chi connectivity index (χ0) is 11.7. The van der Waals surface area contributed by atoms with Crippen molar-refractivity contribution in [3.8, 4) is 0 Å². The van der Waals surface area contributed by atoms with Gasteiger partial charge in [0.15, 0.2) is 0 Å². The quantitative estimate of drug-likeness (QED) is 0.680. The number of H-pyrrole nitrogens is 1. The molecule has 0 saturated heterocycles. The molecule has 0 aliphatic rings. The van der Waals surface area contributed by atoms with Crippen molar-refractivity contribution in [2.45, 2.75) is 6.42 Å². The molecule has 0 saturated carbocycles. The standard InChI is InChI=1S/C15H12FN/c16-14-7-3-1-5-11(14)9-13-10-12-6-2-4-8-15(12)17-13/h1-8,10,17H,9H2. The van der Waals surface area contributed by atoms with E-state index in [-0.39, 0.29) is 5.82 Å².